The van der Waals surface area contributed by atoms with E-state index in [1.807, 2.05) is 0 Å². The van der Waals surface area contributed by atoms with Crippen molar-refractivity contribution in [3.63, 3.8) is 0 Å². The topological polar surface area (TPSA) is 29.1 Å². The molecular weight excluding hydrogens is 371 g/mol. The van der Waals surface area contributed by atoms with Crippen LogP contribution in [0, 0.1) is 17.5 Å². The average Bonchev–Trinajstić information content (AvgIpc) is 2.38. The third kappa shape index (κ3) is 3.77. The Labute approximate surface area is 132 Å². The van der Waals surface area contributed by atoms with Gasteiger partial charge < -0.3 is 5.32 Å². The minimum absolute atomic E-state index is 0.0328. The lowest BCUT2D eigenvalue weighted by Crippen LogP contribution is -2.17. The number of anilines is 1. The van der Waals surface area contributed by atoms with E-state index in [0.717, 1.165) is 18.2 Å². The molecule has 0 aliphatic heterocycles. The van der Waals surface area contributed by atoms with Crippen LogP contribution in [0.3, 0.4) is 0 Å². The Hall–Kier alpha value is -1.53. The highest BCUT2D eigenvalue weighted by Crippen LogP contribution is 2.25. The van der Waals surface area contributed by atoms with E-state index in [9.17, 15) is 18.0 Å². The molecule has 2 rings (SSSR count). The van der Waals surface area contributed by atoms with Crippen molar-refractivity contribution < 1.29 is 18.0 Å². The first-order valence-electron chi connectivity index (χ1n) is 5.75. The van der Waals surface area contributed by atoms with Crippen LogP contribution in [0.2, 0.25) is 5.02 Å². The molecule has 0 saturated heterocycles. The largest absolute Gasteiger partial charge is 0.321 e. The summed E-state index contributed by atoms with van der Waals surface area (Å²) in [6, 6.07) is 5.99. The summed E-state index contributed by atoms with van der Waals surface area (Å²) in [5.74, 6) is -3.30. The van der Waals surface area contributed by atoms with Crippen LogP contribution >= 0.6 is 27.5 Å². The Morgan fingerprint density at radius 1 is 1.14 bits per heavy atom. The number of benzene rings is 2. The molecule has 1 N–H and O–H groups in total. The Morgan fingerprint density at radius 3 is 2.33 bits per heavy atom. The van der Waals surface area contributed by atoms with Gasteiger partial charge >= 0.3 is 0 Å². The van der Waals surface area contributed by atoms with Crippen LogP contribution in [0.1, 0.15) is 5.56 Å². The van der Waals surface area contributed by atoms with E-state index in [2.05, 4.69) is 21.2 Å². The summed E-state index contributed by atoms with van der Waals surface area (Å²) < 4.78 is 40.9. The SMILES string of the molecule is O=C(Cc1c(F)cccc1Cl)Nc1c(F)cc(Br)cc1F. The van der Waals surface area contributed by atoms with Crippen LogP contribution < -0.4 is 5.32 Å². The molecule has 0 aromatic heterocycles. The second-order valence-corrected chi connectivity index (χ2v) is 5.49. The maximum absolute atomic E-state index is 13.6. The minimum Gasteiger partial charge on any atom is -0.321 e. The maximum atomic E-state index is 13.6. The smallest absolute Gasteiger partial charge is 0.229 e. The molecule has 0 aliphatic carbocycles. The van der Waals surface area contributed by atoms with E-state index in [-0.39, 0.29) is 15.1 Å². The van der Waals surface area contributed by atoms with Crippen LogP contribution in [-0.4, -0.2) is 5.91 Å². The summed E-state index contributed by atoms with van der Waals surface area (Å²) in [5.41, 5.74) is -0.620. The van der Waals surface area contributed by atoms with Crippen molar-refractivity contribution in [1.29, 1.82) is 0 Å². The zero-order valence-electron chi connectivity index (χ0n) is 10.4. The van der Waals surface area contributed by atoms with Gasteiger partial charge in [-0.2, -0.15) is 0 Å². The summed E-state index contributed by atoms with van der Waals surface area (Å²) in [7, 11) is 0. The summed E-state index contributed by atoms with van der Waals surface area (Å²) in [5, 5.41) is 2.14. The van der Waals surface area contributed by atoms with E-state index >= 15 is 0 Å². The fraction of sp³-hybridized carbons (Fsp3) is 0.0714. The van der Waals surface area contributed by atoms with Crippen LogP contribution in [0.5, 0.6) is 0 Å². The van der Waals surface area contributed by atoms with E-state index in [1.54, 1.807) is 0 Å². The number of carbonyl (C=O) groups excluding carboxylic acids is 1. The molecule has 0 fully saturated rings. The Morgan fingerprint density at radius 2 is 1.76 bits per heavy atom. The summed E-state index contributed by atoms with van der Waals surface area (Å²) in [6.07, 6.45) is -0.430. The van der Waals surface area contributed by atoms with Gasteiger partial charge in [-0.25, -0.2) is 13.2 Å². The van der Waals surface area contributed by atoms with Gasteiger partial charge in [0.2, 0.25) is 5.91 Å². The van der Waals surface area contributed by atoms with Crippen molar-refractivity contribution in [2.75, 3.05) is 5.32 Å². The number of rotatable bonds is 3. The molecule has 110 valence electrons. The fourth-order valence-electron chi connectivity index (χ4n) is 1.71. The molecule has 2 aromatic carbocycles. The van der Waals surface area contributed by atoms with E-state index < -0.39 is 35.5 Å². The van der Waals surface area contributed by atoms with Crippen molar-refractivity contribution in [2.24, 2.45) is 0 Å². The van der Waals surface area contributed by atoms with Crippen molar-refractivity contribution >= 4 is 39.1 Å². The summed E-state index contributed by atoms with van der Waals surface area (Å²) in [6.45, 7) is 0. The van der Waals surface area contributed by atoms with Crippen molar-refractivity contribution in [3.05, 3.63) is 62.8 Å². The van der Waals surface area contributed by atoms with E-state index in [0.29, 0.717) is 0 Å². The fourth-order valence-corrected chi connectivity index (χ4v) is 2.34. The van der Waals surface area contributed by atoms with Gasteiger partial charge in [-0.3, -0.25) is 4.79 Å². The molecule has 0 aliphatic rings. The highest BCUT2D eigenvalue weighted by atomic mass is 79.9. The number of nitrogens with one attached hydrogen (secondary N) is 1. The molecule has 0 heterocycles. The molecule has 0 spiro atoms. The first kappa shape index (κ1) is 15.9. The highest BCUT2D eigenvalue weighted by Gasteiger charge is 2.16. The zero-order valence-corrected chi connectivity index (χ0v) is 12.7. The Balaban J connectivity index is 2.20. The molecule has 0 atom stereocenters. The molecular formula is C14H8BrClF3NO. The van der Waals surface area contributed by atoms with E-state index in [1.165, 1.54) is 12.1 Å². The van der Waals surface area contributed by atoms with Gasteiger partial charge in [-0.05, 0) is 24.3 Å². The molecule has 0 unspecified atom stereocenters. The van der Waals surface area contributed by atoms with Gasteiger partial charge in [0.1, 0.15) is 11.5 Å². The lowest BCUT2D eigenvalue weighted by Gasteiger charge is -2.09. The molecule has 0 saturated carbocycles. The van der Waals surface area contributed by atoms with Crippen LogP contribution in [0.4, 0.5) is 18.9 Å². The number of hydrogen-bond acceptors (Lipinski definition) is 1. The Bertz CT molecular complexity index is 665. The first-order chi connectivity index (χ1) is 9.88. The lowest BCUT2D eigenvalue weighted by atomic mass is 10.1. The Kier molecular flexibility index (Phi) is 4.90. The molecule has 0 bridgehead atoms. The van der Waals surface area contributed by atoms with Gasteiger partial charge in [-0.15, -0.1) is 0 Å². The summed E-state index contributed by atoms with van der Waals surface area (Å²) >= 11 is 8.71. The number of carbonyl (C=O) groups is 1. The molecule has 7 heteroatoms. The first-order valence-corrected chi connectivity index (χ1v) is 6.93. The van der Waals surface area contributed by atoms with E-state index in [4.69, 9.17) is 11.6 Å². The molecule has 2 aromatic rings. The quantitative estimate of drug-likeness (QED) is 0.824. The number of hydrogen-bond donors (Lipinski definition) is 1. The third-order valence-electron chi connectivity index (χ3n) is 2.67. The molecule has 1 amide bonds. The van der Waals surface area contributed by atoms with Crippen LogP contribution in [0.15, 0.2) is 34.8 Å². The van der Waals surface area contributed by atoms with Gasteiger partial charge in [-0.1, -0.05) is 33.6 Å². The second-order valence-electron chi connectivity index (χ2n) is 4.17. The normalized spacial score (nSPS) is 10.5. The zero-order chi connectivity index (χ0) is 15.6. The van der Waals surface area contributed by atoms with Crippen molar-refractivity contribution in [3.8, 4) is 0 Å². The number of halogens is 5. The number of amides is 1. The minimum atomic E-state index is -0.935. The molecule has 21 heavy (non-hydrogen) atoms. The van der Waals surface area contributed by atoms with Gasteiger partial charge in [0.05, 0.1) is 6.42 Å². The van der Waals surface area contributed by atoms with Crippen LogP contribution in [0.25, 0.3) is 0 Å². The van der Waals surface area contributed by atoms with Crippen LogP contribution in [-0.2, 0) is 11.2 Å². The van der Waals surface area contributed by atoms with Gasteiger partial charge in [0.15, 0.2) is 11.6 Å². The van der Waals surface area contributed by atoms with Gasteiger partial charge in [0.25, 0.3) is 0 Å². The molecule has 0 radical (unpaired) electrons. The van der Waals surface area contributed by atoms with Crippen molar-refractivity contribution in [2.45, 2.75) is 6.42 Å². The summed E-state index contributed by atoms with van der Waals surface area (Å²) in [4.78, 5) is 11.8. The molecule has 2 nitrogen and oxygen atoms in total. The van der Waals surface area contributed by atoms with Crippen molar-refractivity contribution in [1.82, 2.24) is 0 Å². The average molecular weight is 379 g/mol. The standard InChI is InChI=1S/C14H8BrClF3NO/c15-7-4-11(18)14(12(19)5-7)20-13(21)6-8-9(16)2-1-3-10(8)17/h1-5H,6H2,(H,20,21). The second kappa shape index (κ2) is 6.49. The third-order valence-corrected chi connectivity index (χ3v) is 3.48. The van der Waals surface area contributed by atoms with Gasteiger partial charge in [0, 0.05) is 15.1 Å². The predicted octanol–water partition coefficient (Wildman–Crippen LogP) is 4.70. The monoisotopic (exact) mass is 377 g/mol. The lowest BCUT2D eigenvalue weighted by molar-refractivity contribution is -0.115. The predicted molar refractivity (Wildman–Crippen MR) is 77.8 cm³/mol. The maximum Gasteiger partial charge on any atom is 0.229 e. The highest BCUT2D eigenvalue weighted by molar-refractivity contribution is 9.10.